The summed E-state index contributed by atoms with van der Waals surface area (Å²) in [6.07, 6.45) is 7.97. The van der Waals surface area contributed by atoms with E-state index in [0.717, 1.165) is 42.2 Å². The maximum atomic E-state index is 6.57. The summed E-state index contributed by atoms with van der Waals surface area (Å²) in [5, 5.41) is 0. The molecule has 28 heavy (non-hydrogen) atoms. The zero-order valence-corrected chi connectivity index (χ0v) is 17.0. The van der Waals surface area contributed by atoms with Crippen molar-refractivity contribution in [3.05, 3.63) is 72.2 Å². The summed E-state index contributed by atoms with van der Waals surface area (Å²) >= 11 is 0. The van der Waals surface area contributed by atoms with Gasteiger partial charge in [0.1, 0.15) is 11.6 Å². The molecular weight excluding hydrogens is 346 g/mol. The number of hydrogen-bond acceptors (Lipinski definition) is 3. The number of nitrogens with zero attached hydrogens (tertiary/aromatic N) is 2. The summed E-state index contributed by atoms with van der Waals surface area (Å²) < 4.78 is 7.47. The molecule has 4 heteroatoms. The van der Waals surface area contributed by atoms with E-state index < -0.39 is 0 Å². The second-order valence-corrected chi connectivity index (χ2v) is 7.28. The molecule has 1 atom stereocenters. The van der Waals surface area contributed by atoms with Gasteiger partial charge in [0, 0.05) is 18.3 Å². The quantitative estimate of drug-likeness (QED) is 0.469. The molecule has 4 nitrogen and oxygen atoms in total. The van der Waals surface area contributed by atoms with Crippen LogP contribution in [-0.4, -0.2) is 16.7 Å². The summed E-state index contributed by atoms with van der Waals surface area (Å²) in [5.74, 6) is 1.83. The van der Waals surface area contributed by atoms with Crippen molar-refractivity contribution in [1.82, 2.24) is 9.55 Å². The van der Waals surface area contributed by atoms with Crippen molar-refractivity contribution in [3.63, 3.8) is 0 Å². The Hall–Kier alpha value is -2.59. The minimum atomic E-state index is -0.0485. The fourth-order valence-corrected chi connectivity index (χ4v) is 3.45. The van der Waals surface area contributed by atoms with Gasteiger partial charge in [0.05, 0.1) is 18.8 Å². The number of rotatable bonds is 10. The Kier molecular flexibility index (Phi) is 7.26. The van der Waals surface area contributed by atoms with E-state index >= 15 is 0 Å². The predicted octanol–water partition coefficient (Wildman–Crippen LogP) is 5.58. The zero-order chi connectivity index (χ0) is 19.8. The molecule has 0 saturated heterocycles. The molecular formula is C24H31N3O. The van der Waals surface area contributed by atoms with Gasteiger partial charge in [0.25, 0.3) is 0 Å². The van der Waals surface area contributed by atoms with Gasteiger partial charge in [-0.3, -0.25) is 0 Å². The highest BCUT2D eigenvalue weighted by atomic mass is 16.5. The molecule has 0 amide bonds. The van der Waals surface area contributed by atoms with Crippen molar-refractivity contribution in [2.75, 3.05) is 7.11 Å². The Morgan fingerprint density at radius 3 is 2.43 bits per heavy atom. The Morgan fingerprint density at radius 2 is 1.75 bits per heavy atom. The second-order valence-electron chi connectivity index (χ2n) is 7.28. The molecule has 0 aliphatic heterocycles. The highest BCUT2D eigenvalue weighted by Crippen LogP contribution is 2.25. The first-order chi connectivity index (χ1) is 13.7. The first kappa shape index (κ1) is 20.2. The predicted molar refractivity (Wildman–Crippen MR) is 115 cm³/mol. The van der Waals surface area contributed by atoms with Crippen molar-refractivity contribution >= 4 is 0 Å². The molecule has 148 valence electrons. The fraction of sp³-hybridized carbons (Fsp3) is 0.375. The fourth-order valence-electron chi connectivity index (χ4n) is 3.45. The van der Waals surface area contributed by atoms with E-state index in [2.05, 4.69) is 42.0 Å². The Labute approximate surface area is 168 Å². The number of hydrogen-bond donors (Lipinski definition) is 1. The van der Waals surface area contributed by atoms with Gasteiger partial charge in [-0.25, -0.2) is 4.98 Å². The number of ether oxygens (including phenoxy) is 1. The highest BCUT2D eigenvalue weighted by Gasteiger charge is 2.16. The van der Waals surface area contributed by atoms with E-state index in [0.29, 0.717) is 0 Å². The van der Waals surface area contributed by atoms with Crippen LogP contribution in [-0.2, 0) is 6.54 Å². The van der Waals surface area contributed by atoms with Crippen molar-refractivity contribution in [2.24, 2.45) is 5.73 Å². The molecule has 1 aromatic heterocycles. The molecule has 3 rings (SSSR count). The monoisotopic (exact) mass is 377 g/mol. The van der Waals surface area contributed by atoms with Crippen LogP contribution in [0.5, 0.6) is 5.75 Å². The Bertz CT molecular complexity index is 840. The van der Waals surface area contributed by atoms with Crippen molar-refractivity contribution in [2.45, 2.75) is 51.6 Å². The molecule has 0 fully saturated rings. The molecule has 0 radical (unpaired) electrons. The topological polar surface area (TPSA) is 53.1 Å². The first-order valence-electron chi connectivity index (χ1n) is 10.2. The van der Waals surface area contributed by atoms with Gasteiger partial charge in [-0.2, -0.15) is 0 Å². The van der Waals surface area contributed by atoms with Gasteiger partial charge in [0.15, 0.2) is 0 Å². The van der Waals surface area contributed by atoms with E-state index in [4.69, 9.17) is 15.5 Å². The summed E-state index contributed by atoms with van der Waals surface area (Å²) in [6, 6.07) is 18.4. The van der Waals surface area contributed by atoms with Crippen LogP contribution >= 0.6 is 0 Å². The maximum absolute atomic E-state index is 6.57. The van der Waals surface area contributed by atoms with Crippen LogP contribution in [0.4, 0.5) is 0 Å². The molecule has 0 aliphatic rings. The minimum Gasteiger partial charge on any atom is -0.497 e. The summed E-state index contributed by atoms with van der Waals surface area (Å²) in [4.78, 5) is 4.92. The Balaban J connectivity index is 1.83. The number of benzene rings is 2. The minimum absolute atomic E-state index is 0.0485. The number of nitrogens with two attached hydrogens (primary N) is 1. The third-order valence-corrected chi connectivity index (χ3v) is 5.09. The molecule has 1 unspecified atom stereocenters. The van der Waals surface area contributed by atoms with Crippen LogP contribution in [0, 0.1) is 0 Å². The number of imidazole rings is 1. The van der Waals surface area contributed by atoms with Gasteiger partial charge in [-0.1, -0.05) is 75.1 Å². The number of aromatic nitrogens is 2. The highest BCUT2D eigenvalue weighted by molar-refractivity contribution is 5.58. The summed E-state index contributed by atoms with van der Waals surface area (Å²) in [5.41, 5.74) is 9.87. The second kappa shape index (κ2) is 10.1. The van der Waals surface area contributed by atoms with E-state index in [1.165, 1.54) is 24.8 Å². The van der Waals surface area contributed by atoms with Crippen LogP contribution in [0.2, 0.25) is 0 Å². The SMILES string of the molecule is CCCCCCC(N)c1nc(-c2ccccc2)cn1Cc1ccc(OC)cc1. The molecule has 0 saturated carbocycles. The molecule has 0 aliphatic carbocycles. The average Bonchev–Trinajstić information content (AvgIpc) is 3.16. The lowest BCUT2D eigenvalue weighted by Crippen LogP contribution is -2.17. The normalized spacial score (nSPS) is 12.1. The van der Waals surface area contributed by atoms with Gasteiger partial charge in [-0.15, -0.1) is 0 Å². The van der Waals surface area contributed by atoms with Crippen LogP contribution in [0.3, 0.4) is 0 Å². The molecule has 1 heterocycles. The third-order valence-electron chi connectivity index (χ3n) is 5.09. The maximum Gasteiger partial charge on any atom is 0.126 e. The molecule has 2 aromatic carbocycles. The molecule has 2 N–H and O–H groups in total. The molecule has 0 bridgehead atoms. The lowest BCUT2D eigenvalue weighted by atomic mass is 10.1. The van der Waals surface area contributed by atoms with Gasteiger partial charge in [-0.05, 0) is 24.1 Å². The first-order valence-corrected chi connectivity index (χ1v) is 10.2. The van der Waals surface area contributed by atoms with Gasteiger partial charge in [0.2, 0.25) is 0 Å². The van der Waals surface area contributed by atoms with E-state index in [1.54, 1.807) is 7.11 Å². The largest absolute Gasteiger partial charge is 0.497 e. The van der Waals surface area contributed by atoms with Crippen LogP contribution in [0.25, 0.3) is 11.3 Å². The van der Waals surface area contributed by atoms with Gasteiger partial charge >= 0.3 is 0 Å². The lowest BCUT2D eigenvalue weighted by molar-refractivity contribution is 0.414. The van der Waals surface area contributed by atoms with E-state index in [-0.39, 0.29) is 6.04 Å². The smallest absolute Gasteiger partial charge is 0.126 e. The third kappa shape index (κ3) is 5.23. The average molecular weight is 378 g/mol. The molecule has 0 spiro atoms. The lowest BCUT2D eigenvalue weighted by Gasteiger charge is -2.14. The summed E-state index contributed by atoms with van der Waals surface area (Å²) in [7, 11) is 1.69. The van der Waals surface area contributed by atoms with Gasteiger partial charge < -0.3 is 15.0 Å². The van der Waals surface area contributed by atoms with Crippen LogP contribution in [0.15, 0.2) is 60.8 Å². The van der Waals surface area contributed by atoms with E-state index in [1.807, 2.05) is 30.3 Å². The van der Waals surface area contributed by atoms with Crippen molar-refractivity contribution < 1.29 is 4.74 Å². The zero-order valence-electron chi connectivity index (χ0n) is 17.0. The standard InChI is InChI=1S/C24H31N3O/c1-3-4-5-9-12-22(25)24-26-23(20-10-7-6-8-11-20)18-27(24)17-19-13-15-21(28-2)16-14-19/h6-8,10-11,13-16,18,22H,3-5,9,12,17,25H2,1-2H3. The summed E-state index contributed by atoms with van der Waals surface area (Å²) in [6.45, 7) is 2.98. The van der Waals surface area contributed by atoms with E-state index in [9.17, 15) is 0 Å². The Morgan fingerprint density at radius 1 is 1.00 bits per heavy atom. The van der Waals surface area contributed by atoms with Crippen molar-refractivity contribution in [3.8, 4) is 17.0 Å². The molecule has 3 aromatic rings. The van der Waals surface area contributed by atoms with Crippen molar-refractivity contribution in [1.29, 1.82) is 0 Å². The van der Waals surface area contributed by atoms with Crippen LogP contribution < -0.4 is 10.5 Å². The number of methoxy groups -OCH3 is 1. The van der Waals surface area contributed by atoms with Crippen LogP contribution in [0.1, 0.15) is 56.5 Å². The number of unbranched alkanes of at least 4 members (excludes halogenated alkanes) is 3.